The van der Waals surface area contributed by atoms with Gasteiger partial charge in [-0.1, -0.05) is 12.1 Å². The fourth-order valence-electron chi connectivity index (χ4n) is 3.47. The van der Waals surface area contributed by atoms with E-state index in [4.69, 9.17) is 14.0 Å². The minimum Gasteiger partial charge on any atom is -0.399 e. The Balaban J connectivity index is 1.49. The lowest BCUT2D eigenvalue weighted by Crippen LogP contribution is -2.41. The summed E-state index contributed by atoms with van der Waals surface area (Å²) in [6.45, 7) is 13.9. The monoisotopic (exact) mass is 357 g/mol. The van der Waals surface area contributed by atoms with E-state index in [1.165, 1.54) is 0 Å². The molecule has 1 aromatic carbocycles. The molecule has 0 unspecified atom stereocenters. The first-order chi connectivity index (χ1) is 12.4. The van der Waals surface area contributed by atoms with E-state index in [1.54, 1.807) is 0 Å². The highest BCUT2D eigenvalue weighted by Crippen LogP contribution is 2.36. The molecule has 2 aliphatic rings. The average Bonchev–Trinajstić information content (AvgIpc) is 3.11. The quantitative estimate of drug-likeness (QED) is 0.779. The Labute approximate surface area is 155 Å². The number of benzene rings is 1. The summed E-state index contributed by atoms with van der Waals surface area (Å²) in [4.78, 5) is 2.43. The third kappa shape index (κ3) is 3.29. The minimum atomic E-state index is -0.332. The van der Waals surface area contributed by atoms with Crippen LogP contribution in [0.15, 0.2) is 24.4 Å². The molecule has 26 heavy (non-hydrogen) atoms. The normalized spacial score (nSPS) is 23.0. The Kier molecular flexibility index (Phi) is 4.59. The van der Waals surface area contributed by atoms with Gasteiger partial charge in [-0.3, -0.25) is 9.58 Å². The van der Waals surface area contributed by atoms with Crippen molar-refractivity contribution in [1.82, 2.24) is 14.7 Å². The van der Waals surface area contributed by atoms with E-state index in [-0.39, 0.29) is 18.3 Å². The molecule has 0 N–H and O–H groups in total. The molecule has 6 nitrogen and oxygen atoms in total. The predicted octanol–water partition coefficient (Wildman–Crippen LogP) is 1.67. The first kappa shape index (κ1) is 18.0. The van der Waals surface area contributed by atoms with E-state index in [9.17, 15) is 0 Å². The van der Waals surface area contributed by atoms with Crippen LogP contribution < -0.4 is 5.46 Å². The molecule has 1 aromatic heterocycles. The molecule has 2 aliphatic heterocycles. The van der Waals surface area contributed by atoms with Crippen molar-refractivity contribution in [2.75, 3.05) is 32.8 Å². The number of aromatic nitrogens is 2. The molecule has 4 rings (SSSR count). The van der Waals surface area contributed by atoms with E-state index >= 15 is 0 Å². The molecule has 0 saturated carbocycles. The Morgan fingerprint density at radius 1 is 1.04 bits per heavy atom. The zero-order valence-electron chi connectivity index (χ0n) is 16.2. The van der Waals surface area contributed by atoms with Crippen molar-refractivity contribution in [2.24, 2.45) is 0 Å². The van der Waals surface area contributed by atoms with Gasteiger partial charge in [-0.25, -0.2) is 0 Å². The zero-order chi connectivity index (χ0) is 18.4. The molecule has 0 atom stereocenters. The number of hydrogen-bond acceptors (Lipinski definition) is 5. The summed E-state index contributed by atoms with van der Waals surface area (Å²) in [7, 11) is -0.332. The van der Waals surface area contributed by atoms with Crippen molar-refractivity contribution in [2.45, 2.75) is 45.4 Å². The van der Waals surface area contributed by atoms with E-state index in [0.29, 0.717) is 0 Å². The number of morpholine rings is 1. The van der Waals surface area contributed by atoms with Gasteiger partial charge in [-0.05, 0) is 39.2 Å². The van der Waals surface area contributed by atoms with Crippen molar-refractivity contribution in [1.29, 1.82) is 0 Å². The van der Waals surface area contributed by atoms with Crippen LogP contribution in [-0.4, -0.2) is 65.8 Å². The molecule has 0 radical (unpaired) electrons. The SMILES string of the molecule is CC1(C)OB(c2ccc3c(cnn3CCN3CCOCC3)c2)OC1(C)C. The highest BCUT2D eigenvalue weighted by Gasteiger charge is 2.51. The van der Waals surface area contributed by atoms with Gasteiger partial charge in [-0.15, -0.1) is 0 Å². The zero-order valence-corrected chi connectivity index (χ0v) is 16.2. The smallest absolute Gasteiger partial charge is 0.399 e. The second-order valence-corrected chi connectivity index (χ2v) is 8.23. The molecule has 3 heterocycles. The molecule has 140 valence electrons. The van der Waals surface area contributed by atoms with Crippen LogP contribution in [-0.2, 0) is 20.6 Å². The molecule has 0 amide bonds. The van der Waals surface area contributed by atoms with Crippen LogP contribution in [0, 0.1) is 0 Å². The molecule has 0 aliphatic carbocycles. The fourth-order valence-corrected chi connectivity index (χ4v) is 3.47. The minimum absolute atomic E-state index is 0.324. The summed E-state index contributed by atoms with van der Waals surface area (Å²) in [6.07, 6.45) is 1.93. The van der Waals surface area contributed by atoms with Gasteiger partial charge in [0.1, 0.15) is 0 Å². The second kappa shape index (κ2) is 6.64. The summed E-state index contributed by atoms with van der Waals surface area (Å²) in [5, 5.41) is 5.71. The van der Waals surface area contributed by atoms with Gasteiger partial charge < -0.3 is 14.0 Å². The topological polar surface area (TPSA) is 48.8 Å². The van der Waals surface area contributed by atoms with Gasteiger partial charge in [0.25, 0.3) is 0 Å². The first-order valence-corrected chi connectivity index (χ1v) is 9.47. The molecular weight excluding hydrogens is 329 g/mol. The van der Waals surface area contributed by atoms with Crippen LogP contribution >= 0.6 is 0 Å². The lowest BCUT2D eigenvalue weighted by molar-refractivity contribution is 0.00578. The molecule has 2 aromatic rings. The van der Waals surface area contributed by atoms with E-state index in [2.05, 4.69) is 60.6 Å². The van der Waals surface area contributed by atoms with Gasteiger partial charge in [-0.2, -0.15) is 5.10 Å². The number of fused-ring (bicyclic) bond motifs is 1. The predicted molar refractivity (Wildman–Crippen MR) is 103 cm³/mol. The maximum atomic E-state index is 6.16. The Bertz CT molecular complexity index is 767. The second-order valence-electron chi connectivity index (χ2n) is 8.23. The van der Waals surface area contributed by atoms with E-state index in [0.717, 1.165) is 55.8 Å². The van der Waals surface area contributed by atoms with Gasteiger partial charge in [0.2, 0.25) is 0 Å². The van der Waals surface area contributed by atoms with Crippen LogP contribution in [0.25, 0.3) is 10.9 Å². The molecule has 2 fully saturated rings. The number of nitrogens with zero attached hydrogens (tertiary/aromatic N) is 3. The van der Waals surface area contributed by atoms with Crippen molar-refractivity contribution in [3.63, 3.8) is 0 Å². The highest BCUT2D eigenvalue weighted by atomic mass is 16.7. The summed E-state index contributed by atoms with van der Waals surface area (Å²) in [5.74, 6) is 0. The molecule has 2 saturated heterocycles. The van der Waals surface area contributed by atoms with Crippen LogP contribution in [0.4, 0.5) is 0 Å². The van der Waals surface area contributed by atoms with Gasteiger partial charge in [0.05, 0.1) is 42.7 Å². The first-order valence-electron chi connectivity index (χ1n) is 9.47. The average molecular weight is 357 g/mol. The Hall–Kier alpha value is -1.41. The van der Waals surface area contributed by atoms with Crippen molar-refractivity contribution in [3.8, 4) is 0 Å². The van der Waals surface area contributed by atoms with Gasteiger partial charge in [0, 0.05) is 25.0 Å². The standard InChI is InChI=1S/C19H28BN3O3/c1-18(2)19(3,4)26-20(25-18)16-5-6-17-15(13-16)14-21-23(17)8-7-22-9-11-24-12-10-22/h5-6,13-14H,7-12H2,1-4H3. The lowest BCUT2D eigenvalue weighted by atomic mass is 9.79. The van der Waals surface area contributed by atoms with Crippen LogP contribution in [0.3, 0.4) is 0 Å². The van der Waals surface area contributed by atoms with Crippen molar-refractivity contribution >= 4 is 23.5 Å². The lowest BCUT2D eigenvalue weighted by Gasteiger charge is -2.32. The molecule has 0 bridgehead atoms. The van der Waals surface area contributed by atoms with E-state index in [1.807, 2.05) is 6.20 Å². The van der Waals surface area contributed by atoms with Crippen LogP contribution in [0.2, 0.25) is 0 Å². The Morgan fingerprint density at radius 2 is 1.73 bits per heavy atom. The third-order valence-corrected chi connectivity index (χ3v) is 5.92. The molecule has 7 heteroatoms. The summed E-state index contributed by atoms with van der Waals surface area (Å²) < 4.78 is 19.8. The number of ether oxygens (including phenoxy) is 1. The summed E-state index contributed by atoms with van der Waals surface area (Å²) >= 11 is 0. The molecule has 0 spiro atoms. The maximum absolute atomic E-state index is 6.16. The molecular formula is C19H28BN3O3. The van der Waals surface area contributed by atoms with Gasteiger partial charge >= 0.3 is 7.12 Å². The summed E-state index contributed by atoms with van der Waals surface area (Å²) in [6, 6.07) is 6.36. The van der Waals surface area contributed by atoms with Gasteiger partial charge in [0.15, 0.2) is 0 Å². The van der Waals surface area contributed by atoms with Crippen molar-refractivity contribution < 1.29 is 14.0 Å². The fraction of sp³-hybridized carbons (Fsp3) is 0.632. The van der Waals surface area contributed by atoms with Crippen molar-refractivity contribution in [3.05, 3.63) is 24.4 Å². The Morgan fingerprint density at radius 3 is 2.42 bits per heavy atom. The number of rotatable bonds is 4. The van der Waals surface area contributed by atoms with E-state index < -0.39 is 0 Å². The largest absolute Gasteiger partial charge is 0.494 e. The summed E-state index contributed by atoms with van der Waals surface area (Å²) in [5.41, 5.74) is 1.55. The van der Waals surface area contributed by atoms with Crippen LogP contribution in [0.1, 0.15) is 27.7 Å². The third-order valence-electron chi connectivity index (χ3n) is 5.92. The number of hydrogen-bond donors (Lipinski definition) is 0. The van der Waals surface area contributed by atoms with Crippen LogP contribution in [0.5, 0.6) is 0 Å². The maximum Gasteiger partial charge on any atom is 0.494 e. The highest BCUT2D eigenvalue weighted by molar-refractivity contribution is 6.62.